The van der Waals surface area contributed by atoms with Gasteiger partial charge in [-0.15, -0.1) is 6.58 Å². The molecule has 0 aromatic heterocycles. The Bertz CT molecular complexity index is 371. The maximum atomic E-state index is 3.69. The molecular formula is C14H20N2. The average Bonchev–Trinajstić information content (AvgIpc) is 2.64. The van der Waals surface area contributed by atoms with E-state index in [-0.39, 0.29) is 0 Å². The second-order valence-corrected chi connectivity index (χ2v) is 4.48. The van der Waals surface area contributed by atoms with Gasteiger partial charge in [0.05, 0.1) is 0 Å². The summed E-state index contributed by atoms with van der Waals surface area (Å²) < 4.78 is 0. The van der Waals surface area contributed by atoms with Crippen LogP contribution in [0.25, 0.3) is 0 Å². The lowest BCUT2D eigenvalue weighted by Gasteiger charge is -2.05. The normalized spacial score (nSPS) is 17.9. The SMILES string of the molecule is C=CCNCCc1ccc2c(c1)CC(C)N2. The molecule has 2 N–H and O–H groups in total. The number of rotatable bonds is 5. The molecule has 0 amide bonds. The predicted octanol–water partition coefficient (Wildman–Crippen LogP) is 2.36. The van der Waals surface area contributed by atoms with E-state index in [4.69, 9.17) is 0 Å². The smallest absolute Gasteiger partial charge is 0.0375 e. The molecule has 1 unspecified atom stereocenters. The fraction of sp³-hybridized carbons (Fsp3) is 0.429. The third-order valence-corrected chi connectivity index (χ3v) is 2.98. The van der Waals surface area contributed by atoms with Crippen molar-refractivity contribution >= 4 is 5.69 Å². The number of anilines is 1. The van der Waals surface area contributed by atoms with Crippen molar-refractivity contribution in [1.29, 1.82) is 0 Å². The minimum absolute atomic E-state index is 0.587. The second-order valence-electron chi connectivity index (χ2n) is 4.48. The highest BCUT2D eigenvalue weighted by Crippen LogP contribution is 2.26. The van der Waals surface area contributed by atoms with Gasteiger partial charge in [0, 0.05) is 18.3 Å². The Morgan fingerprint density at radius 2 is 2.44 bits per heavy atom. The quantitative estimate of drug-likeness (QED) is 0.583. The second kappa shape index (κ2) is 5.17. The Morgan fingerprint density at radius 3 is 3.25 bits per heavy atom. The zero-order valence-corrected chi connectivity index (χ0v) is 9.92. The van der Waals surface area contributed by atoms with Crippen LogP contribution in [0.2, 0.25) is 0 Å². The molecule has 1 aromatic rings. The molecule has 16 heavy (non-hydrogen) atoms. The topological polar surface area (TPSA) is 24.1 Å². The molecule has 1 aliphatic heterocycles. The van der Waals surface area contributed by atoms with Crippen LogP contribution in [0.15, 0.2) is 30.9 Å². The van der Waals surface area contributed by atoms with Crippen LogP contribution in [0.1, 0.15) is 18.1 Å². The lowest BCUT2D eigenvalue weighted by molar-refractivity contribution is 0.744. The van der Waals surface area contributed by atoms with Gasteiger partial charge in [-0.25, -0.2) is 0 Å². The molecule has 1 atom stereocenters. The van der Waals surface area contributed by atoms with Gasteiger partial charge < -0.3 is 10.6 Å². The summed E-state index contributed by atoms with van der Waals surface area (Å²) in [6.07, 6.45) is 4.15. The third kappa shape index (κ3) is 2.64. The van der Waals surface area contributed by atoms with E-state index in [1.54, 1.807) is 0 Å². The molecule has 2 nitrogen and oxygen atoms in total. The fourth-order valence-electron chi connectivity index (χ4n) is 2.20. The summed E-state index contributed by atoms with van der Waals surface area (Å²) in [4.78, 5) is 0. The summed E-state index contributed by atoms with van der Waals surface area (Å²) in [6, 6.07) is 7.35. The van der Waals surface area contributed by atoms with Gasteiger partial charge in [-0.05, 0) is 43.5 Å². The zero-order valence-electron chi connectivity index (χ0n) is 9.92. The Balaban J connectivity index is 1.92. The molecule has 2 rings (SSSR count). The van der Waals surface area contributed by atoms with Crippen LogP contribution >= 0.6 is 0 Å². The van der Waals surface area contributed by atoms with E-state index in [0.717, 1.165) is 25.9 Å². The molecule has 1 aromatic carbocycles. The maximum Gasteiger partial charge on any atom is 0.0375 e. The largest absolute Gasteiger partial charge is 0.382 e. The highest BCUT2D eigenvalue weighted by molar-refractivity contribution is 5.57. The van der Waals surface area contributed by atoms with Crippen molar-refractivity contribution in [3.8, 4) is 0 Å². The Kier molecular flexibility index (Phi) is 3.62. The van der Waals surface area contributed by atoms with Crippen molar-refractivity contribution < 1.29 is 0 Å². The lowest BCUT2D eigenvalue weighted by Crippen LogP contribution is -2.16. The van der Waals surface area contributed by atoms with E-state index in [1.165, 1.54) is 16.8 Å². The third-order valence-electron chi connectivity index (χ3n) is 2.98. The number of nitrogens with one attached hydrogen (secondary N) is 2. The number of fused-ring (bicyclic) bond motifs is 1. The number of hydrogen-bond donors (Lipinski definition) is 2. The first-order chi connectivity index (χ1) is 7.79. The molecule has 86 valence electrons. The van der Waals surface area contributed by atoms with Crippen LogP contribution in [0, 0.1) is 0 Å². The molecule has 2 heteroatoms. The van der Waals surface area contributed by atoms with Gasteiger partial charge in [0.25, 0.3) is 0 Å². The molecule has 1 heterocycles. The Hall–Kier alpha value is -1.28. The number of hydrogen-bond acceptors (Lipinski definition) is 2. The van der Waals surface area contributed by atoms with Gasteiger partial charge >= 0.3 is 0 Å². The van der Waals surface area contributed by atoms with Crippen LogP contribution in [-0.2, 0) is 12.8 Å². The van der Waals surface area contributed by atoms with Crippen LogP contribution in [-0.4, -0.2) is 19.1 Å². The van der Waals surface area contributed by atoms with E-state index in [9.17, 15) is 0 Å². The van der Waals surface area contributed by atoms with E-state index >= 15 is 0 Å². The summed E-state index contributed by atoms with van der Waals surface area (Å²) >= 11 is 0. The summed E-state index contributed by atoms with van der Waals surface area (Å²) in [6.45, 7) is 7.83. The summed E-state index contributed by atoms with van der Waals surface area (Å²) in [5.74, 6) is 0. The Labute approximate surface area is 97.8 Å². The molecule has 0 fully saturated rings. The van der Waals surface area contributed by atoms with Crippen molar-refractivity contribution in [3.63, 3.8) is 0 Å². The van der Waals surface area contributed by atoms with E-state index in [1.807, 2.05) is 6.08 Å². The zero-order chi connectivity index (χ0) is 11.4. The van der Waals surface area contributed by atoms with Crippen LogP contribution in [0.5, 0.6) is 0 Å². The molecule has 1 aliphatic rings. The summed E-state index contributed by atoms with van der Waals surface area (Å²) in [7, 11) is 0. The first-order valence-electron chi connectivity index (χ1n) is 5.99. The average molecular weight is 216 g/mol. The molecule has 0 spiro atoms. The number of benzene rings is 1. The lowest BCUT2D eigenvalue weighted by atomic mass is 10.0. The predicted molar refractivity (Wildman–Crippen MR) is 70.0 cm³/mol. The van der Waals surface area contributed by atoms with Crippen molar-refractivity contribution in [3.05, 3.63) is 42.0 Å². The van der Waals surface area contributed by atoms with Gasteiger partial charge in [-0.2, -0.15) is 0 Å². The van der Waals surface area contributed by atoms with Crippen LogP contribution < -0.4 is 10.6 Å². The molecule has 0 aliphatic carbocycles. The fourth-order valence-corrected chi connectivity index (χ4v) is 2.20. The maximum absolute atomic E-state index is 3.69. The molecule has 0 radical (unpaired) electrons. The molecule has 0 saturated heterocycles. The van der Waals surface area contributed by atoms with Crippen LogP contribution in [0.3, 0.4) is 0 Å². The van der Waals surface area contributed by atoms with E-state index in [0.29, 0.717) is 6.04 Å². The van der Waals surface area contributed by atoms with E-state index in [2.05, 4.69) is 42.3 Å². The van der Waals surface area contributed by atoms with Crippen LogP contribution in [0.4, 0.5) is 5.69 Å². The molecular weight excluding hydrogens is 196 g/mol. The molecule has 0 saturated carbocycles. The molecule has 0 bridgehead atoms. The van der Waals surface area contributed by atoms with Crippen molar-refractivity contribution in [2.75, 3.05) is 18.4 Å². The van der Waals surface area contributed by atoms with Crippen molar-refractivity contribution in [1.82, 2.24) is 5.32 Å². The highest BCUT2D eigenvalue weighted by Gasteiger charge is 2.16. The van der Waals surface area contributed by atoms with Crippen molar-refractivity contribution in [2.24, 2.45) is 0 Å². The minimum Gasteiger partial charge on any atom is -0.382 e. The van der Waals surface area contributed by atoms with Crippen molar-refractivity contribution in [2.45, 2.75) is 25.8 Å². The Morgan fingerprint density at radius 1 is 1.56 bits per heavy atom. The highest BCUT2D eigenvalue weighted by atomic mass is 14.9. The minimum atomic E-state index is 0.587. The first-order valence-corrected chi connectivity index (χ1v) is 5.99. The standard InChI is InChI=1S/C14H20N2/c1-3-7-15-8-6-12-4-5-14-13(10-12)9-11(2)16-14/h3-5,10-11,15-16H,1,6-9H2,2H3. The van der Waals surface area contributed by atoms with Gasteiger partial charge in [-0.1, -0.05) is 18.2 Å². The summed E-state index contributed by atoms with van der Waals surface area (Å²) in [5, 5.41) is 6.80. The first kappa shape index (κ1) is 11.2. The van der Waals surface area contributed by atoms with E-state index < -0.39 is 0 Å². The van der Waals surface area contributed by atoms with Gasteiger partial charge in [0.1, 0.15) is 0 Å². The van der Waals surface area contributed by atoms with Gasteiger partial charge in [0.2, 0.25) is 0 Å². The van der Waals surface area contributed by atoms with Gasteiger partial charge in [0.15, 0.2) is 0 Å². The van der Waals surface area contributed by atoms with Gasteiger partial charge in [-0.3, -0.25) is 0 Å². The summed E-state index contributed by atoms with van der Waals surface area (Å²) in [5.41, 5.74) is 4.20. The monoisotopic (exact) mass is 216 g/mol.